The molecule has 0 aliphatic rings. The Labute approximate surface area is 163 Å². The second-order valence-corrected chi connectivity index (χ2v) is 6.95. The van der Waals surface area contributed by atoms with E-state index in [1.807, 2.05) is 32.0 Å². The SMILES string of the molecule is CC(C)N(Cc1ccc(C#N)cc1)C(=O)CCc1nc2ccccc2c(=O)[nH]1. The van der Waals surface area contributed by atoms with E-state index in [2.05, 4.69) is 16.0 Å². The summed E-state index contributed by atoms with van der Waals surface area (Å²) in [5.74, 6) is 0.509. The van der Waals surface area contributed by atoms with Crippen molar-refractivity contribution in [3.8, 4) is 6.07 Å². The molecule has 6 heteroatoms. The molecule has 0 saturated heterocycles. The lowest BCUT2D eigenvalue weighted by atomic mass is 10.1. The fourth-order valence-electron chi connectivity index (χ4n) is 3.06. The normalized spacial score (nSPS) is 10.8. The summed E-state index contributed by atoms with van der Waals surface area (Å²) < 4.78 is 0. The lowest BCUT2D eigenvalue weighted by Crippen LogP contribution is -2.36. The Morgan fingerprint density at radius 3 is 2.57 bits per heavy atom. The minimum Gasteiger partial charge on any atom is -0.336 e. The van der Waals surface area contributed by atoms with Gasteiger partial charge in [-0.15, -0.1) is 0 Å². The minimum atomic E-state index is -0.189. The molecule has 2 aromatic carbocycles. The maximum Gasteiger partial charge on any atom is 0.258 e. The van der Waals surface area contributed by atoms with Crippen LogP contribution >= 0.6 is 0 Å². The maximum atomic E-state index is 12.8. The van der Waals surface area contributed by atoms with E-state index in [1.165, 1.54) is 0 Å². The molecule has 3 rings (SSSR count). The summed E-state index contributed by atoms with van der Waals surface area (Å²) in [5, 5.41) is 9.45. The zero-order valence-electron chi connectivity index (χ0n) is 16.0. The lowest BCUT2D eigenvalue weighted by Gasteiger charge is -2.27. The van der Waals surface area contributed by atoms with Crippen molar-refractivity contribution in [3.05, 3.63) is 75.8 Å². The Hall–Kier alpha value is -3.46. The smallest absolute Gasteiger partial charge is 0.258 e. The number of aryl methyl sites for hydroxylation is 1. The van der Waals surface area contributed by atoms with Crippen LogP contribution in [0.25, 0.3) is 10.9 Å². The number of benzene rings is 2. The molecule has 0 fully saturated rings. The van der Waals surface area contributed by atoms with E-state index >= 15 is 0 Å². The van der Waals surface area contributed by atoms with Gasteiger partial charge in [0.25, 0.3) is 5.56 Å². The number of H-pyrrole nitrogens is 1. The van der Waals surface area contributed by atoms with E-state index in [0.29, 0.717) is 35.3 Å². The average Bonchev–Trinajstić information content (AvgIpc) is 2.70. The van der Waals surface area contributed by atoms with Gasteiger partial charge in [-0.3, -0.25) is 9.59 Å². The van der Waals surface area contributed by atoms with Gasteiger partial charge in [-0.05, 0) is 43.7 Å². The van der Waals surface area contributed by atoms with Crippen molar-refractivity contribution < 1.29 is 4.79 Å². The van der Waals surface area contributed by atoms with Gasteiger partial charge in [-0.1, -0.05) is 24.3 Å². The average molecular weight is 374 g/mol. The van der Waals surface area contributed by atoms with E-state index < -0.39 is 0 Å². The van der Waals surface area contributed by atoms with Crippen LogP contribution in [0, 0.1) is 11.3 Å². The van der Waals surface area contributed by atoms with Gasteiger partial charge >= 0.3 is 0 Å². The third-order valence-corrected chi connectivity index (χ3v) is 4.62. The fraction of sp³-hybridized carbons (Fsp3) is 0.273. The molecule has 1 amide bonds. The van der Waals surface area contributed by atoms with Gasteiger partial charge in [0, 0.05) is 25.4 Å². The van der Waals surface area contributed by atoms with Crippen LogP contribution in [0.5, 0.6) is 0 Å². The van der Waals surface area contributed by atoms with Gasteiger partial charge in [0.1, 0.15) is 5.82 Å². The molecular weight excluding hydrogens is 352 g/mol. The highest BCUT2D eigenvalue weighted by Crippen LogP contribution is 2.13. The van der Waals surface area contributed by atoms with Crippen LogP contribution < -0.4 is 5.56 Å². The van der Waals surface area contributed by atoms with Gasteiger partial charge in [0.15, 0.2) is 0 Å². The number of nitriles is 1. The summed E-state index contributed by atoms with van der Waals surface area (Å²) in [6.07, 6.45) is 0.630. The molecule has 1 aromatic heterocycles. The van der Waals surface area contributed by atoms with E-state index in [9.17, 15) is 9.59 Å². The molecule has 3 aromatic rings. The van der Waals surface area contributed by atoms with Gasteiger partial charge < -0.3 is 9.88 Å². The van der Waals surface area contributed by atoms with Crippen molar-refractivity contribution in [2.24, 2.45) is 0 Å². The third-order valence-electron chi connectivity index (χ3n) is 4.62. The van der Waals surface area contributed by atoms with Crippen LogP contribution in [0.2, 0.25) is 0 Å². The number of aromatic amines is 1. The van der Waals surface area contributed by atoms with Crippen LogP contribution in [0.15, 0.2) is 53.3 Å². The first-order valence-electron chi connectivity index (χ1n) is 9.24. The van der Waals surface area contributed by atoms with Crippen molar-refractivity contribution in [2.45, 2.75) is 39.3 Å². The Kier molecular flexibility index (Phi) is 5.85. The number of amides is 1. The Balaban J connectivity index is 1.70. The first-order valence-corrected chi connectivity index (χ1v) is 9.24. The summed E-state index contributed by atoms with van der Waals surface area (Å²) in [4.78, 5) is 34.0. The second-order valence-electron chi connectivity index (χ2n) is 6.95. The predicted molar refractivity (Wildman–Crippen MR) is 108 cm³/mol. The molecule has 0 atom stereocenters. The number of aromatic nitrogens is 2. The van der Waals surface area contributed by atoms with Crippen molar-refractivity contribution in [1.82, 2.24) is 14.9 Å². The Morgan fingerprint density at radius 2 is 1.89 bits per heavy atom. The lowest BCUT2D eigenvalue weighted by molar-refractivity contribution is -0.133. The van der Waals surface area contributed by atoms with E-state index in [1.54, 1.807) is 35.2 Å². The third kappa shape index (κ3) is 4.44. The molecule has 1 N–H and O–H groups in total. The summed E-state index contributed by atoms with van der Waals surface area (Å²) in [5.41, 5.74) is 2.01. The Morgan fingerprint density at radius 1 is 1.18 bits per heavy atom. The quantitative estimate of drug-likeness (QED) is 0.718. The van der Waals surface area contributed by atoms with Crippen LogP contribution in [0.1, 0.15) is 37.2 Å². The number of hydrogen-bond donors (Lipinski definition) is 1. The zero-order chi connectivity index (χ0) is 20.1. The van der Waals surface area contributed by atoms with E-state index in [4.69, 9.17) is 5.26 Å². The van der Waals surface area contributed by atoms with Crippen molar-refractivity contribution in [3.63, 3.8) is 0 Å². The van der Waals surface area contributed by atoms with Gasteiger partial charge in [0.05, 0.1) is 22.5 Å². The standard InChI is InChI=1S/C22H22N4O2/c1-15(2)26(14-17-9-7-16(13-23)8-10-17)21(27)12-11-20-24-19-6-4-3-5-18(19)22(28)25-20/h3-10,15H,11-12,14H2,1-2H3,(H,24,25,28). The molecule has 0 bridgehead atoms. The van der Waals surface area contributed by atoms with Crippen LogP contribution in [0.4, 0.5) is 0 Å². The highest BCUT2D eigenvalue weighted by molar-refractivity contribution is 5.78. The molecule has 6 nitrogen and oxygen atoms in total. The van der Waals surface area contributed by atoms with Gasteiger partial charge in [-0.2, -0.15) is 5.26 Å². The minimum absolute atomic E-state index is 0.00447. The largest absolute Gasteiger partial charge is 0.336 e. The van der Waals surface area contributed by atoms with Gasteiger partial charge in [0.2, 0.25) is 5.91 Å². The first-order chi connectivity index (χ1) is 13.5. The number of rotatable bonds is 6. The number of hydrogen-bond acceptors (Lipinski definition) is 4. The highest BCUT2D eigenvalue weighted by Gasteiger charge is 2.18. The number of carbonyl (C=O) groups is 1. The molecule has 1 heterocycles. The molecule has 0 spiro atoms. The zero-order valence-corrected chi connectivity index (χ0v) is 16.0. The molecular formula is C22H22N4O2. The summed E-state index contributed by atoms with van der Waals surface area (Å²) in [7, 11) is 0. The number of fused-ring (bicyclic) bond motifs is 1. The monoisotopic (exact) mass is 374 g/mol. The maximum absolute atomic E-state index is 12.8. The van der Waals surface area contributed by atoms with Crippen molar-refractivity contribution in [1.29, 1.82) is 5.26 Å². The van der Waals surface area contributed by atoms with Crippen molar-refractivity contribution in [2.75, 3.05) is 0 Å². The van der Waals surface area contributed by atoms with Crippen LogP contribution in [0.3, 0.4) is 0 Å². The molecule has 0 radical (unpaired) electrons. The summed E-state index contributed by atoms with van der Waals surface area (Å²) in [6, 6.07) is 16.5. The molecule has 28 heavy (non-hydrogen) atoms. The van der Waals surface area contributed by atoms with Crippen molar-refractivity contribution >= 4 is 16.8 Å². The molecule has 0 aliphatic heterocycles. The number of para-hydroxylation sites is 1. The molecule has 0 saturated carbocycles. The summed E-state index contributed by atoms with van der Waals surface area (Å²) >= 11 is 0. The number of nitrogens with zero attached hydrogens (tertiary/aromatic N) is 3. The molecule has 0 unspecified atom stereocenters. The second kappa shape index (κ2) is 8.49. The molecule has 142 valence electrons. The van der Waals surface area contributed by atoms with E-state index in [0.717, 1.165) is 5.56 Å². The fourth-order valence-corrected chi connectivity index (χ4v) is 3.06. The molecule has 0 aliphatic carbocycles. The van der Waals surface area contributed by atoms with Crippen LogP contribution in [-0.4, -0.2) is 26.8 Å². The topological polar surface area (TPSA) is 89.8 Å². The summed E-state index contributed by atoms with van der Waals surface area (Å²) in [6.45, 7) is 4.42. The highest BCUT2D eigenvalue weighted by atomic mass is 16.2. The van der Waals surface area contributed by atoms with Gasteiger partial charge in [-0.25, -0.2) is 4.98 Å². The Bertz CT molecular complexity index is 1080. The predicted octanol–water partition coefficient (Wildman–Crippen LogP) is 3.16. The number of carbonyl (C=O) groups excluding carboxylic acids is 1. The number of nitrogens with one attached hydrogen (secondary N) is 1. The first kappa shape index (κ1) is 19.3. The van der Waals surface area contributed by atoms with E-state index in [-0.39, 0.29) is 23.9 Å². The van der Waals surface area contributed by atoms with Crippen LogP contribution in [-0.2, 0) is 17.8 Å².